The first-order valence-corrected chi connectivity index (χ1v) is 7.70. The molecule has 1 amide bonds. The Labute approximate surface area is 121 Å². The minimum atomic E-state index is -0.227. The highest BCUT2D eigenvalue weighted by Gasteiger charge is 2.27. The average molecular weight is 284 g/mol. The van der Waals surface area contributed by atoms with Gasteiger partial charge in [0.1, 0.15) is 0 Å². The summed E-state index contributed by atoms with van der Waals surface area (Å²) in [5, 5.41) is 6.07. The topological polar surface area (TPSA) is 67.4 Å². The Hall–Kier alpha value is -1.10. The highest BCUT2D eigenvalue weighted by Crippen LogP contribution is 2.29. The minimum Gasteiger partial charge on any atom is -0.466 e. The summed E-state index contributed by atoms with van der Waals surface area (Å²) in [6.45, 7) is 7.38. The van der Waals surface area contributed by atoms with E-state index in [-0.39, 0.29) is 24.5 Å². The lowest BCUT2D eigenvalue weighted by Gasteiger charge is -2.34. The van der Waals surface area contributed by atoms with Gasteiger partial charge in [-0.15, -0.1) is 0 Å². The summed E-state index contributed by atoms with van der Waals surface area (Å²) in [6, 6.07) is 0.290. The van der Waals surface area contributed by atoms with E-state index < -0.39 is 0 Å². The van der Waals surface area contributed by atoms with Crippen molar-refractivity contribution in [1.29, 1.82) is 0 Å². The zero-order valence-corrected chi connectivity index (χ0v) is 12.9. The molecule has 0 heterocycles. The second-order valence-electron chi connectivity index (χ2n) is 5.67. The molecule has 1 saturated carbocycles. The van der Waals surface area contributed by atoms with Crippen LogP contribution in [-0.4, -0.2) is 37.6 Å². The second-order valence-corrected chi connectivity index (χ2v) is 5.67. The van der Waals surface area contributed by atoms with Crippen LogP contribution in [0.3, 0.4) is 0 Å². The average Bonchev–Trinajstić information content (AvgIpc) is 2.40. The van der Waals surface area contributed by atoms with Gasteiger partial charge in [0, 0.05) is 12.6 Å². The molecule has 116 valence electrons. The second kappa shape index (κ2) is 8.95. The van der Waals surface area contributed by atoms with Gasteiger partial charge >= 0.3 is 5.97 Å². The number of esters is 1. The minimum absolute atomic E-state index is 0.0137. The van der Waals surface area contributed by atoms with Gasteiger partial charge in [-0.1, -0.05) is 26.7 Å². The van der Waals surface area contributed by atoms with E-state index in [1.165, 1.54) is 12.8 Å². The van der Waals surface area contributed by atoms with Crippen molar-refractivity contribution in [2.75, 3.05) is 19.7 Å². The van der Waals surface area contributed by atoms with Gasteiger partial charge in [0.15, 0.2) is 0 Å². The molecule has 5 heteroatoms. The van der Waals surface area contributed by atoms with Crippen LogP contribution in [0, 0.1) is 11.8 Å². The van der Waals surface area contributed by atoms with E-state index in [9.17, 15) is 9.59 Å². The van der Waals surface area contributed by atoms with Crippen LogP contribution in [0.1, 0.15) is 46.5 Å². The lowest BCUT2D eigenvalue weighted by molar-refractivity contribution is -0.143. The van der Waals surface area contributed by atoms with Gasteiger partial charge in [-0.2, -0.15) is 0 Å². The summed E-state index contributed by atoms with van der Waals surface area (Å²) in [6.07, 6.45) is 3.82. The Morgan fingerprint density at radius 1 is 1.25 bits per heavy atom. The summed E-state index contributed by atoms with van der Waals surface area (Å²) in [5.41, 5.74) is 0. The predicted molar refractivity (Wildman–Crippen MR) is 78.2 cm³/mol. The molecular formula is C15H28N2O3. The van der Waals surface area contributed by atoms with Crippen LogP contribution in [0.25, 0.3) is 0 Å². The molecule has 0 saturated heterocycles. The van der Waals surface area contributed by atoms with E-state index in [1.807, 2.05) is 0 Å². The SMILES string of the molecule is CCOC(=O)CCNCC(=O)NC1CCCC(C)C1C. The summed E-state index contributed by atoms with van der Waals surface area (Å²) in [4.78, 5) is 23.0. The summed E-state index contributed by atoms with van der Waals surface area (Å²) < 4.78 is 4.82. The predicted octanol–water partition coefficient (Wildman–Crippen LogP) is 1.47. The molecule has 3 unspecified atom stereocenters. The molecule has 1 rings (SSSR count). The van der Waals surface area contributed by atoms with Gasteiger partial charge in [0.05, 0.1) is 19.6 Å². The molecular weight excluding hydrogens is 256 g/mol. The van der Waals surface area contributed by atoms with Crippen molar-refractivity contribution >= 4 is 11.9 Å². The van der Waals surface area contributed by atoms with Crippen molar-refractivity contribution in [3.05, 3.63) is 0 Å². The van der Waals surface area contributed by atoms with Crippen LogP contribution < -0.4 is 10.6 Å². The van der Waals surface area contributed by atoms with Crippen molar-refractivity contribution in [2.45, 2.75) is 52.5 Å². The normalized spacial score (nSPS) is 26.1. The summed E-state index contributed by atoms with van der Waals surface area (Å²) >= 11 is 0. The monoisotopic (exact) mass is 284 g/mol. The molecule has 0 spiro atoms. The lowest BCUT2D eigenvalue weighted by atomic mass is 9.78. The van der Waals surface area contributed by atoms with Crippen molar-refractivity contribution in [3.63, 3.8) is 0 Å². The van der Waals surface area contributed by atoms with E-state index >= 15 is 0 Å². The summed E-state index contributed by atoms with van der Waals surface area (Å²) in [5.74, 6) is 0.994. The first-order chi connectivity index (χ1) is 9.54. The maximum absolute atomic E-state index is 11.8. The number of rotatable bonds is 7. The third-order valence-electron chi connectivity index (χ3n) is 4.15. The first kappa shape index (κ1) is 17.0. The Kier molecular flexibility index (Phi) is 7.59. The third kappa shape index (κ3) is 5.90. The Bertz CT molecular complexity index is 320. The molecule has 3 atom stereocenters. The zero-order chi connectivity index (χ0) is 15.0. The highest BCUT2D eigenvalue weighted by molar-refractivity contribution is 5.78. The van der Waals surface area contributed by atoms with Crippen molar-refractivity contribution in [2.24, 2.45) is 11.8 Å². The van der Waals surface area contributed by atoms with E-state index in [0.717, 1.165) is 6.42 Å². The number of ether oxygens (including phenoxy) is 1. The van der Waals surface area contributed by atoms with Crippen LogP contribution in [-0.2, 0) is 14.3 Å². The highest BCUT2D eigenvalue weighted by atomic mass is 16.5. The Balaban J connectivity index is 2.15. The third-order valence-corrected chi connectivity index (χ3v) is 4.15. The van der Waals surface area contributed by atoms with Gasteiger partial charge in [-0.05, 0) is 25.2 Å². The van der Waals surface area contributed by atoms with Gasteiger partial charge in [0.25, 0.3) is 0 Å². The molecule has 5 nitrogen and oxygen atoms in total. The Morgan fingerprint density at radius 3 is 2.70 bits per heavy atom. The summed E-state index contributed by atoms with van der Waals surface area (Å²) in [7, 11) is 0. The molecule has 0 aromatic rings. The number of hydrogen-bond donors (Lipinski definition) is 2. The number of carbonyl (C=O) groups excluding carboxylic acids is 2. The number of amides is 1. The molecule has 0 aromatic carbocycles. The van der Waals surface area contributed by atoms with Gasteiger partial charge in [-0.25, -0.2) is 0 Å². The smallest absolute Gasteiger partial charge is 0.307 e. The van der Waals surface area contributed by atoms with Crippen LogP contribution in [0.15, 0.2) is 0 Å². The largest absolute Gasteiger partial charge is 0.466 e. The molecule has 2 N–H and O–H groups in total. The van der Waals surface area contributed by atoms with E-state index in [4.69, 9.17) is 4.74 Å². The number of hydrogen-bond acceptors (Lipinski definition) is 4. The van der Waals surface area contributed by atoms with Crippen LogP contribution >= 0.6 is 0 Å². The fourth-order valence-electron chi connectivity index (χ4n) is 2.67. The standard InChI is InChI=1S/C15H28N2O3/c1-4-20-15(19)8-9-16-10-14(18)17-13-7-5-6-11(2)12(13)3/h11-13,16H,4-10H2,1-3H3,(H,17,18). The zero-order valence-electron chi connectivity index (χ0n) is 12.9. The fraction of sp³-hybridized carbons (Fsp3) is 0.867. The maximum Gasteiger partial charge on any atom is 0.307 e. The van der Waals surface area contributed by atoms with E-state index in [1.54, 1.807) is 6.92 Å². The van der Waals surface area contributed by atoms with E-state index in [0.29, 0.717) is 31.4 Å². The molecule has 0 radical (unpaired) electrons. The molecule has 1 fully saturated rings. The van der Waals surface area contributed by atoms with Crippen molar-refractivity contribution in [1.82, 2.24) is 10.6 Å². The number of nitrogens with one attached hydrogen (secondary N) is 2. The fourth-order valence-corrected chi connectivity index (χ4v) is 2.67. The Morgan fingerprint density at radius 2 is 2.00 bits per heavy atom. The lowest BCUT2D eigenvalue weighted by Crippen LogP contribution is -2.46. The molecule has 0 aromatic heterocycles. The number of carbonyl (C=O) groups is 2. The van der Waals surface area contributed by atoms with E-state index in [2.05, 4.69) is 24.5 Å². The molecule has 20 heavy (non-hydrogen) atoms. The molecule has 1 aliphatic carbocycles. The molecule has 1 aliphatic rings. The molecule has 0 aliphatic heterocycles. The van der Waals surface area contributed by atoms with Gasteiger partial charge in [-0.3, -0.25) is 9.59 Å². The first-order valence-electron chi connectivity index (χ1n) is 7.70. The van der Waals surface area contributed by atoms with Crippen LogP contribution in [0.4, 0.5) is 0 Å². The van der Waals surface area contributed by atoms with Crippen molar-refractivity contribution in [3.8, 4) is 0 Å². The van der Waals surface area contributed by atoms with Crippen LogP contribution in [0.2, 0.25) is 0 Å². The maximum atomic E-state index is 11.8. The molecule has 0 bridgehead atoms. The quantitative estimate of drug-likeness (QED) is 0.549. The van der Waals surface area contributed by atoms with Crippen LogP contribution in [0.5, 0.6) is 0 Å². The van der Waals surface area contributed by atoms with Crippen molar-refractivity contribution < 1.29 is 14.3 Å². The van der Waals surface area contributed by atoms with Gasteiger partial charge in [0.2, 0.25) is 5.91 Å². The van der Waals surface area contributed by atoms with Gasteiger partial charge < -0.3 is 15.4 Å².